The first kappa shape index (κ1) is 12.6. The molecule has 0 saturated heterocycles. The third kappa shape index (κ3) is 2.62. The van der Waals surface area contributed by atoms with Crippen LogP contribution in [0.4, 0.5) is 0 Å². The first-order chi connectivity index (χ1) is 9.24. The minimum Gasteiger partial charge on any atom is -0.294 e. The SMILES string of the molecule is O=C(Cc1csc2ccccc12)c1cccc(Br)c1. The number of ketones is 1. The van der Waals surface area contributed by atoms with E-state index < -0.39 is 0 Å². The van der Waals surface area contributed by atoms with Gasteiger partial charge in [-0.05, 0) is 34.5 Å². The average molecular weight is 331 g/mol. The number of thiophene rings is 1. The Labute approximate surface area is 124 Å². The van der Waals surface area contributed by atoms with Crippen LogP contribution in [0, 0.1) is 0 Å². The van der Waals surface area contributed by atoms with Gasteiger partial charge in [-0.15, -0.1) is 11.3 Å². The largest absolute Gasteiger partial charge is 0.294 e. The van der Waals surface area contributed by atoms with Crippen LogP contribution in [0.25, 0.3) is 10.1 Å². The molecule has 3 rings (SSSR count). The lowest BCUT2D eigenvalue weighted by molar-refractivity contribution is 0.0993. The smallest absolute Gasteiger partial charge is 0.167 e. The van der Waals surface area contributed by atoms with Gasteiger partial charge in [0.2, 0.25) is 0 Å². The maximum atomic E-state index is 12.3. The third-order valence-corrected chi connectivity index (χ3v) is 4.56. The van der Waals surface area contributed by atoms with Gasteiger partial charge in [-0.2, -0.15) is 0 Å². The Balaban J connectivity index is 1.91. The molecule has 3 aromatic rings. The molecule has 1 aromatic heterocycles. The molecule has 0 unspecified atom stereocenters. The molecule has 1 nitrogen and oxygen atoms in total. The molecule has 0 aliphatic carbocycles. The van der Waals surface area contributed by atoms with Gasteiger partial charge in [0.1, 0.15) is 0 Å². The quantitative estimate of drug-likeness (QED) is 0.611. The molecular formula is C16H11BrOS. The molecule has 0 amide bonds. The van der Waals surface area contributed by atoms with Crippen LogP contribution >= 0.6 is 27.3 Å². The molecule has 0 spiro atoms. The fourth-order valence-corrected chi connectivity index (χ4v) is 3.47. The number of Topliss-reactive ketones (excluding diaryl/α,β-unsaturated/α-hetero) is 1. The van der Waals surface area contributed by atoms with Gasteiger partial charge in [0.15, 0.2) is 5.78 Å². The van der Waals surface area contributed by atoms with E-state index in [1.807, 2.05) is 36.4 Å². The third-order valence-electron chi connectivity index (χ3n) is 3.06. The zero-order chi connectivity index (χ0) is 13.2. The van der Waals surface area contributed by atoms with Crippen molar-refractivity contribution in [3.8, 4) is 0 Å². The fraction of sp³-hybridized carbons (Fsp3) is 0.0625. The molecule has 1 heterocycles. The monoisotopic (exact) mass is 330 g/mol. The standard InChI is InChI=1S/C16H11BrOS/c17-13-5-3-4-11(8-13)15(18)9-12-10-19-16-7-2-1-6-14(12)16/h1-8,10H,9H2. The minimum atomic E-state index is 0.157. The number of halogens is 1. The van der Waals surface area contributed by atoms with E-state index in [1.54, 1.807) is 11.3 Å². The molecule has 0 aliphatic rings. The summed E-state index contributed by atoms with van der Waals surface area (Å²) in [6, 6.07) is 15.8. The molecule has 0 fully saturated rings. The normalized spacial score (nSPS) is 10.8. The summed E-state index contributed by atoms with van der Waals surface area (Å²) in [5.41, 5.74) is 1.87. The van der Waals surface area contributed by atoms with Gasteiger partial charge in [-0.3, -0.25) is 4.79 Å². The highest BCUT2D eigenvalue weighted by Crippen LogP contribution is 2.26. The average Bonchev–Trinajstić information content (AvgIpc) is 2.82. The van der Waals surface area contributed by atoms with Crippen LogP contribution < -0.4 is 0 Å². The van der Waals surface area contributed by atoms with Crippen LogP contribution in [0.2, 0.25) is 0 Å². The van der Waals surface area contributed by atoms with E-state index in [0.29, 0.717) is 6.42 Å². The second-order valence-corrected chi connectivity index (χ2v) is 6.19. The van der Waals surface area contributed by atoms with Crippen molar-refractivity contribution in [1.82, 2.24) is 0 Å². The summed E-state index contributed by atoms with van der Waals surface area (Å²) in [5, 5.41) is 3.27. The lowest BCUT2D eigenvalue weighted by Gasteiger charge is -2.01. The summed E-state index contributed by atoms with van der Waals surface area (Å²) in [6.07, 6.45) is 0.459. The van der Waals surface area contributed by atoms with E-state index in [1.165, 1.54) is 10.1 Å². The van der Waals surface area contributed by atoms with Gasteiger partial charge >= 0.3 is 0 Å². The summed E-state index contributed by atoms with van der Waals surface area (Å²) in [4.78, 5) is 12.3. The van der Waals surface area contributed by atoms with E-state index >= 15 is 0 Å². The number of fused-ring (bicyclic) bond motifs is 1. The molecular weight excluding hydrogens is 320 g/mol. The van der Waals surface area contributed by atoms with Crippen molar-refractivity contribution in [2.24, 2.45) is 0 Å². The molecule has 19 heavy (non-hydrogen) atoms. The predicted molar refractivity (Wildman–Crippen MR) is 84.0 cm³/mol. The van der Waals surface area contributed by atoms with Crippen molar-refractivity contribution in [3.05, 3.63) is 69.5 Å². The van der Waals surface area contributed by atoms with E-state index in [9.17, 15) is 4.79 Å². The van der Waals surface area contributed by atoms with E-state index in [-0.39, 0.29) is 5.78 Å². The van der Waals surface area contributed by atoms with Crippen molar-refractivity contribution >= 4 is 43.1 Å². The number of benzene rings is 2. The molecule has 0 N–H and O–H groups in total. The maximum absolute atomic E-state index is 12.3. The van der Waals surface area contributed by atoms with Crippen molar-refractivity contribution in [1.29, 1.82) is 0 Å². The van der Waals surface area contributed by atoms with Crippen molar-refractivity contribution in [2.75, 3.05) is 0 Å². The molecule has 0 bridgehead atoms. The molecule has 2 aromatic carbocycles. The molecule has 0 aliphatic heterocycles. The van der Waals surface area contributed by atoms with E-state index in [4.69, 9.17) is 0 Å². The Bertz CT molecular complexity index is 745. The molecule has 0 radical (unpaired) electrons. The molecule has 3 heteroatoms. The van der Waals surface area contributed by atoms with Crippen LogP contribution in [-0.2, 0) is 6.42 Å². The fourth-order valence-electron chi connectivity index (χ4n) is 2.11. The van der Waals surface area contributed by atoms with Crippen molar-refractivity contribution in [3.63, 3.8) is 0 Å². The number of hydrogen-bond donors (Lipinski definition) is 0. The van der Waals surface area contributed by atoms with Crippen LogP contribution in [0.15, 0.2) is 58.4 Å². The van der Waals surface area contributed by atoms with E-state index in [0.717, 1.165) is 15.6 Å². The highest BCUT2D eigenvalue weighted by molar-refractivity contribution is 9.10. The first-order valence-electron chi connectivity index (χ1n) is 5.98. The summed E-state index contributed by atoms with van der Waals surface area (Å²) >= 11 is 5.09. The highest BCUT2D eigenvalue weighted by atomic mass is 79.9. The minimum absolute atomic E-state index is 0.157. The van der Waals surface area contributed by atoms with Gasteiger partial charge in [0.25, 0.3) is 0 Å². The topological polar surface area (TPSA) is 17.1 Å². The zero-order valence-corrected chi connectivity index (χ0v) is 12.5. The number of carbonyl (C=O) groups excluding carboxylic acids is 1. The first-order valence-corrected chi connectivity index (χ1v) is 7.65. The Hall–Kier alpha value is -1.45. The molecule has 94 valence electrons. The predicted octanol–water partition coefficient (Wildman–Crippen LogP) is 5.09. The second kappa shape index (κ2) is 5.27. The van der Waals surface area contributed by atoms with Gasteiger partial charge in [0.05, 0.1) is 0 Å². The van der Waals surface area contributed by atoms with Crippen LogP contribution in [0.1, 0.15) is 15.9 Å². The van der Waals surface area contributed by atoms with Crippen molar-refractivity contribution in [2.45, 2.75) is 6.42 Å². The summed E-state index contributed by atoms with van der Waals surface area (Å²) in [7, 11) is 0. The lowest BCUT2D eigenvalue weighted by Crippen LogP contribution is -2.02. The number of hydrogen-bond acceptors (Lipinski definition) is 2. The Morgan fingerprint density at radius 1 is 1.11 bits per heavy atom. The van der Waals surface area contributed by atoms with Gasteiger partial charge in [-0.25, -0.2) is 0 Å². The summed E-state index contributed by atoms with van der Waals surface area (Å²) in [6.45, 7) is 0. The van der Waals surface area contributed by atoms with Crippen molar-refractivity contribution < 1.29 is 4.79 Å². The van der Waals surface area contributed by atoms with Crippen LogP contribution in [0.3, 0.4) is 0 Å². The zero-order valence-electron chi connectivity index (χ0n) is 10.1. The Morgan fingerprint density at radius 3 is 2.79 bits per heavy atom. The Kier molecular flexibility index (Phi) is 3.49. The highest BCUT2D eigenvalue weighted by Gasteiger charge is 2.11. The van der Waals surface area contributed by atoms with E-state index in [2.05, 4.69) is 33.4 Å². The number of rotatable bonds is 3. The maximum Gasteiger partial charge on any atom is 0.167 e. The lowest BCUT2D eigenvalue weighted by atomic mass is 10.0. The van der Waals surface area contributed by atoms with Gasteiger partial charge in [-0.1, -0.05) is 46.3 Å². The van der Waals surface area contributed by atoms with Gasteiger partial charge < -0.3 is 0 Å². The molecule has 0 atom stereocenters. The summed E-state index contributed by atoms with van der Waals surface area (Å²) < 4.78 is 2.17. The molecule has 0 saturated carbocycles. The Morgan fingerprint density at radius 2 is 1.95 bits per heavy atom. The van der Waals surface area contributed by atoms with Gasteiger partial charge in [0, 0.05) is 21.2 Å². The second-order valence-electron chi connectivity index (χ2n) is 4.37. The number of carbonyl (C=O) groups is 1. The van der Waals surface area contributed by atoms with Crippen LogP contribution in [-0.4, -0.2) is 5.78 Å². The van der Waals surface area contributed by atoms with Crippen LogP contribution in [0.5, 0.6) is 0 Å². The summed E-state index contributed by atoms with van der Waals surface area (Å²) in [5.74, 6) is 0.157.